The van der Waals surface area contributed by atoms with Crippen LogP contribution in [0.25, 0.3) is 0 Å². The van der Waals surface area contributed by atoms with E-state index in [1.165, 1.54) is 19.3 Å². The molecule has 0 nitrogen and oxygen atoms in total. The molecule has 0 N–H and O–H groups in total. The minimum Gasteiger partial charge on any atom is -0.0848 e. The van der Waals surface area contributed by atoms with Crippen LogP contribution in [0.5, 0.6) is 0 Å². The van der Waals surface area contributed by atoms with Crippen LogP contribution in [0.1, 0.15) is 30.7 Å². The van der Waals surface area contributed by atoms with Crippen molar-refractivity contribution in [3.05, 3.63) is 48.0 Å². The molecule has 0 spiro atoms. The van der Waals surface area contributed by atoms with E-state index in [0.29, 0.717) is 0 Å². The Labute approximate surface area is 97.4 Å². The first-order valence-corrected chi connectivity index (χ1v) is 6.67. The quantitative estimate of drug-likeness (QED) is 0.614. The lowest BCUT2D eigenvalue weighted by atomic mass is 9.78. The summed E-state index contributed by atoms with van der Waals surface area (Å²) in [5, 5.41) is 0. The van der Waals surface area contributed by atoms with Gasteiger partial charge in [0.05, 0.1) is 0 Å². The highest BCUT2D eigenvalue weighted by molar-refractivity contribution is 5.27. The Balaban J connectivity index is 1.70. The van der Waals surface area contributed by atoms with Gasteiger partial charge in [0.15, 0.2) is 0 Å². The van der Waals surface area contributed by atoms with E-state index >= 15 is 0 Å². The van der Waals surface area contributed by atoms with E-state index in [2.05, 4.69) is 42.5 Å². The second-order valence-electron chi connectivity index (χ2n) is 5.78. The van der Waals surface area contributed by atoms with Crippen molar-refractivity contribution in [2.45, 2.75) is 25.2 Å². The van der Waals surface area contributed by atoms with Crippen molar-refractivity contribution in [2.75, 3.05) is 0 Å². The lowest BCUT2D eigenvalue weighted by molar-refractivity contribution is 0.338. The topological polar surface area (TPSA) is 0 Å². The molecule has 0 aliphatic heterocycles. The molecule has 4 rings (SSSR count). The first kappa shape index (κ1) is 9.04. The number of allylic oxidation sites excluding steroid dienone is 2. The van der Waals surface area contributed by atoms with Crippen molar-refractivity contribution in [1.29, 1.82) is 0 Å². The summed E-state index contributed by atoms with van der Waals surface area (Å²) < 4.78 is 0. The summed E-state index contributed by atoms with van der Waals surface area (Å²) in [6.45, 7) is 0. The number of hydrogen-bond donors (Lipinski definition) is 0. The maximum absolute atomic E-state index is 2.51. The first-order valence-electron chi connectivity index (χ1n) is 6.67. The second kappa shape index (κ2) is 3.23. The van der Waals surface area contributed by atoms with Crippen LogP contribution in [0.15, 0.2) is 42.5 Å². The van der Waals surface area contributed by atoms with Gasteiger partial charge < -0.3 is 0 Å². The van der Waals surface area contributed by atoms with Crippen LogP contribution in [-0.4, -0.2) is 0 Å². The van der Waals surface area contributed by atoms with Crippen molar-refractivity contribution in [3.8, 4) is 0 Å². The van der Waals surface area contributed by atoms with Crippen molar-refractivity contribution in [1.82, 2.24) is 0 Å². The minimum atomic E-state index is 0.853. The third kappa shape index (κ3) is 1.10. The predicted molar refractivity (Wildman–Crippen MR) is 66.1 cm³/mol. The van der Waals surface area contributed by atoms with Crippen LogP contribution in [0.4, 0.5) is 0 Å². The van der Waals surface area contributed by atoms with Gasteiger partial charge in [-0.2, -0.15) is 0 Å². The zero-order valence-electron chi connectivity index (χ0n) is 9.55. The average molecular weight is 210 g/mol. The maximum atomic E-state index is 2.51. The third-order valence-corrected chi connectivity index (χ3v) is 5.19. The molecule has 2 saturated carbocycles. The van der Waals surface area contributed by atoms with Gasteiger partial charge in [-0.05, 0) is 54.4 Å². The molecule has 0 amide bonds. The Morgan fingerprint density at radius 3 is 2.56 bits per heavy atom. The van der Waals surface area contributed by atoms with Crippen LogP contribution in [0.3, 0.4) is 0 Å². The number of benzene rings is 1. The molecule has 0 saturated heterocycles. The summed E-state index contributed by atoms with van der Waals surface area (Å²) in [6.07, 6.45) is 9.36. The SMILES string of the molecule is C1=CC2CC1C1CCC(c3ccccc3)C21. The van der Waals surface area contributed by atoms with E-state index in [4.69, 9.17) is 0 Å². The van der Waals surface area contributed by atoms with E-state index in [0.717, 1.165) is 29.6 Å². The number of rotatable bonds is 1. The zero-order chi connectivity index (χ0) is 10.5. The Morgan fingerprint density at radius 2 is 1.69 bits per heavy atom. The van der Waals surface area contributed by atoms with E-state index in [-0.39, 0.29) is 0 Å². The summed E-state index contributed by atoms with van der Waals surface area (Å²) in [5.41, 5.74) is 1.59. The standard InChI is InChI=1S/C16H18/c1-2-4-11(5-3-1)14-8-9-15-12-6-7-13(10-12)16(14)15/h1-7,12-16H,8-10H2. The molecule has 0 aromatic heterocycles. The first-order chi connectivity index (χ1) is 7.93. The van der Waals surface area contributed by atoms with Gasteiger partial charge in [-0.1, -0.05) is 42.5 Å². The fraction of sp³-hybridized carbons (Fsp3) is 0.500. The summed E-state index contributed by atoms with van der Waals surface area (Å²) >= 11 is 0. The van der Waals surface area contributed by atoms with Gasteiger partial charge in [0, 0.05) is 0 Å². The molecular formula is C16H18. The molecule has 3 aliphatic rings. The van der Waals surface area contributed by atoms with Gasteiger partial charge in [0.1, 0.15) is 0 Å². The molecule has 1 aromatic carbocycles. The molecule has 2 bridgehead atoms. The number of hydrogen-bond acceptors (Lipinski definition) is 0. The Bertz CT molecular complexity index is 417. The molecule has 1 aromatic rings. The summed E-state index contributed by atoms with van der Waals surface area (Å²) in [6, 6.07) is 11.2. The van der Waals surface area contributed by atoms with Gasteiger partial charge in [-0.3, -0.25) is 0 Å². The van der Waals surface area contributed by atoms with Crippen molar-refractivity contribution >= 4 is 0 Å². The Morgan fingerprint density at radius 1 is 0.875 bits per heavy atom. The monoisotopic (exact) mass is 210 g/mol. The van der Waals surface area contributed by atoms with Crippen LogP contribution in [0.2, 0.25) is 0 Å². The smallest absolute Gasteiger partial charge is 0.0125 e. The number of fused-ring (bicyclic) bond motifs is 5. The molecule has 5 unspecified atom stereocenters. The normalized spacial score (nSPS) is 43.9. The predicted octanol–water partition coefficient (Wildman–Crippen LogP) is 4.00. The van der Waals surface area contributed by atoms with E-state index in [1.807, 2.05) is 0 Å². The van der Waals surface area contributed by atoms with Crippen LogP contribution in [0, 0.1) is 23.7 Å². The van der Waals surface area contributed by atoms with Gasteiger partial charge in [-0.15, -0.1) is 0 Å². The molecule has 3 aliphatic carbocycles. The highest BCUT2D eigenvalue weighted by Gasteiger charge is 2.51. The molecule has 0 heteroatoms. The molecular weight excluding hydrogens is 192 g/mol. The molecule has 0 radical (unpaired) electrons. The molecule has 5 atom stereocenters. The third-order valence-electron chi connectivity index (χ3n) is 5.19. The average Bonchev–Trinajstić information content (AvgIpc) is 3.03. The fourth-order valence-electron chi connectivity index (χ4n) is 4.62. The largest absolute Gasteiger partial charge is 0.0848 e. The van der Waals surface area contributed by atoms with Crippen molar-refractivity contribution in [3.63, 3.8) is 0 Å². The lowest BCUT2D eigenvalue weighted by Crippen LogP contribution is -2.18. The van der Waals surface area contributed by atoms with Gasteiger partial charge >= 0.3 is 0 Å². The molecule has 16 heavy (non-hydrogen) atoms. The van der Waals surface area contributed by atoms with Gasteiger partial charge in [0.2, 0.25) is 0 Å². The molecule has 82 valence electrons. The Kier molecular flexibility index (Phi) is 1.82. The van der Waals surface area contributed by atoms with Crippen LogP contribution >= 0.6 is 0 Å². The second-order valence-corrected chi connectivity index (χ2v) is 5.78. The molecule has 0 heterocycles. The highest BCUT2D eigenvalue weighted by Crippen LogP contribution is 2.60. The van der Waals surface area contributed by atoms with E-state index in [9.17, 15) is 0 Å². The summed E-state index contributed by atoms with van der Waals surface area (Å²) in [5.74, 6) is 4.68. The minimum absolute atomic E-state index is 0.853. The summed E-state index contributed by atoms with van der Waals surface area (Å²) in [4.78, 5) is 0. The van der Waals surface area contributed by atoms with Crippen LogP contribution in [-0.2, 0) is 0 Å². The maximum Gasteiger partial charge on any atom is -0.0125 e. The van der Waals surface area contributed by atoms with E-state index < -0.39 is 0 Å². The van der Waals surface area contributed by atoms with Crippen molar-refractivity contribution in [2.24, 2.45) is 23.7 Å². The Hall–Kier alpha value is -1.04. The fourth-order valence-corrected chi connectivity index (χ4v) is 4.62. The highest BCUT2D eigenvalue weighted by atomic mass is 14.5. The zero-order valence-corrected chi connectivity index (χ0v) is 9.55. The van der Waals surface area contributed by atoms with Crippen LogP contribution < -0.4 is 0 Å². The van der Waals surface area contributed by atoms with E-state index in [1.54, 1.807) is 5.56 Å². The lowest BCUT2D eigenvalue weighted by Gasteiger charge is -2.26. The van der Waals surface area contributed by atoms with Gasteiger partial charge in [0.25, 0.3) is 0 Å². The van der Waals surface area contributed by atoms with Gasteiger partial charge in [-0.25, -0.2) is 0 Å². The molecule has 2 fully saturated rings. The summed E-state index contributed by atoms with van der Waals surface area (Å²) in [7, 11) is 0. The van der Waals surface area contributed by atoms with Crippen molar-refractivity contribution < 1.29 is 0 Å².